The van der Waals surface area contributed by atoms with E-state index in [2.05, 4.69) is 10.3 Å². The molecule has 4 atom stereocenters. The highest BCUT2D eigenvalue weighted by atomic mass is 32.1. The molecule has 150 valence electrons. The summed E-state index contributed by atoms with van der Waals surface area (Å²) in [6, 6.07) is 9.17. The Morgan fingerprint density at radius 1 is 1.17 bits per heavy atom. The molecule has 1 aromatic heterocycles. The van der Waals surface area contributed by atoms with E-state index in [-0.39, 0.29) is 29.5 Å². The van der Waals surface area contributed by atoms with Crippen LogP contribution in [0.2, 0.25) is 0 Å². The number of aliphatic carboxylic acids is 1. The number of carboxylic acids is 1. The Labute approximate surface area is 171 Å². The molecule has 1 saturated carbocycles. The van der Waals surface area contributed by atoms with Crippen LogP contribution in [0.3, 0.4) is 0 Å². The zero-order chi connectivity index (χ0) is 20.5. The lowest BCUT2D eigenvalue weighted by Crippen LogP contribution is -2.36. The van der Waals surface area contributed by atoms with E-state index in [1.165, 1.54) is 0 Å². The molecule has 0 saturated heterocycles. The van der Waals surface area contributed by atoms with Crippen molar-refractivity contribution in [2.75, 3.05) is 11.9 Å². The molecule has 0 spiro atoms. The number of anilines is 1. The molecule has 2 aromatic rings. The molecule has 2 aliphatic rings. The van der Waals surface area contributed by atoms with Gasteiger partial charge in [0.1, 0.15) is 4.88 Å². The summed E-state index contributed by atoms with van der Waals surface area (Å²) in [5.41, 5.74) is 1.17. The van der Waals surface area contributed by atoms with Crippen LogP contribution in [0, 0.1) is 23.7 Å². The maximum Gasteiger partial charge on any atom is 0.350 e. The van der Waals surface area contributed by atoms with Crippen LogP contribution in [0.1, 0.15) is 23.0 Å². The van der Waals surface area contributed by atoms with Gasteiger partial charge in [-0.15, -0.1) is 0 Å². The van der Waals surface area contributed by atoms with Crippen LogP contribution in [0.25, 0.3) is 11.3 Å². The topological polar surface area (TPSA) is 106 Å². The molecule has 0 aliphatic heterocycles. The number of thiazole rings is 1. The van der Waals surface area contributed by atoms with Crippen molar-refractivity contribution in [3.8, 4) is 11.3 Å². The van der Waals surface area contributed by atoms with Crippen LogP contribution in [-0.4, -0.2) is 34.5 Å². The molecule has 29 heavy (non-hydrogen) atoms. The molecule has 1 fully saturated rings. The smallest absolute Gasteiger partial charge is 0.350 e. The number of ether oxygens (including phenoxy) is 1. The molecule has 7 nitrogen and oxygen atoms in total. The summed E-state index contributed by atoms with van der Waals surface area (Å²) >= 11 is 1.04. The van der Waals surface area contributed by atoms with E-state index in [0.717, 1.165) is 16.9 Å². The monoisotopic (exact) mass is 412 g/mol. The third-order valence-corrected chi connectivity index (χ3v) is 6.36. The Bertz CT molecular complexity index is 984. The van der Waals surface area contributed by atoms with Crippen LogP contribution in [0.5, 0.6) is 0 Å². The van der Waals surface area contributed by atoms with Crippen LogP contribution in [0.15, 0.2) is 42.5 Å². The molecule has 2 N–H and O–H groups in total. The summed E-state index contributed by atoms with van der Waals surface area (Å²) < 4.78 is 5.13. The number of aromatic nitrogens is 1. The summed E-state index contributed by atoms with van der Waals surface area (Å²) in [7, 11) is 0. The normalized spacial score (nSPS) is 24.4. The van der Waals surface area contributed by atoms with Crippen LogP contribution in [0.4, 0.5) is 5.13 Å². The summed E-state index contributed by atoms with van der Waals surface area (Å²) in [6.45, 7) is 1.95. The SMILES string of the molecule is CCOC(=O)c1sc(NC(=O)[C@H]2[C@H](C(=O)O)[C@H]3C=C[C@H]2C3)nc1-c1ccccc1. The van der Waals surface area contributed by atoms with Crippen molar-refractivity contribution in [3.05, 3.63) is 47.4 Å². The van der Waals surface area contributed by atoms with E-state index in [0.29, 0.717) is 17.0 Å². The fourth-order valence-electron chi connectivity index (χ4n) is 4.21. The second kappa shape index (κ2) is 7.79. The number of hydrogen-bond donors (Lipinski definition) is 2. The second-order valence-electron chi connectivity index (χ2n) is 7.11. The van der Waals surface area contributed by atoms with Crippen molar-refractivity contribution in [2.24, 2.45) is 23.7 Å². The lowest BCUT2D eigenvalue weighted by molar-refractivity contribution is -0.146. The standard InChI is InChI=1S/C21H20N2O5S/c1-2-28-20(27)17-16(11-6-4-3-5-7-11)22-21(29-17)23-18(24)14-12-8-9-13(10-12)15(14)19(25)26/h3-9,12-15H,2,10H2,1H3,(H,25,26)(H,22,23,24)/t12-,13-,14+,15+/m0/s1. The van der Waals surface area contributed by atoms with Crippen molar-refractivity contribution in [1.29, 1.82) is 0 Å². The first kappa shape index (κ1) is 19.3. The summed E-state index contributed by atoms with van der Waals surface area (Å²) in [6.07, 6.45) is 4.49. The highest BCUT2D eigenvalue weighted by Gasteiger charge is 2.51. The Morgan fingerprint density at radius 3 is 2.52 bits per heavy atom. The number of nitrogens with zero attached hydrogens (tertiary/aromatic N) is 1. The number of hydrogen-bond acceptors (Lipinski definition) is 6. The predicted molar refractivity (Wildman–Crippen MR) is 107 cm³/mol. The fourth-order valence-corrected chi connectivity index (χ4v) is 5.09. The van der Waals surface area contributed by atoms with E-state index < -0.39 is 23.8 Å². The Hall–Kier alpha value is -3.00. The number of carboxylic acid groups (broad SMARTS) is 1. The van der Waals surface area contributed by atoms with Crippen molar-refractivity contribution in [1.82, 2.24) is 4.98 Å². The van der Waals surface area contributed by atoms with Gasteiger partial charge in [-0.1, -0.05) is 53.8 Å². The average Bonchev–Trinajstić information content (AvgIpc) is 3.43. The van der Waals surface area contributed by atoms with Gasteiger partial charge in [0.2, 0.25) is 5.91 Å². The molecule has 1 amide bonds. The van der Waals surface area contributed by atoms with Crippen molar-refractivity contribution < 1.29 is 24.2 Å². The fraction of sp³-hybridized carbons (Fsp3) is 0.333. The van der Waals surface area contributed by atoms with Gasteiger partial charge in [-0.3, -0.25) is 9.59 Å². The van der Waals surface area contributed by atoms with Gasteiger partial charge in [-0.05, 0) is 25.2 Å². The van der Waals surface area contributed by atoms with Gasteiger partial charge >= 0.3 is 11.9 Å². The lowest BCUT2D eigenvalue weighted by atomic mass is 9.82. The zero-order valence-electron chi connectivity index (χ0n) is 15.7. The van der Waals surface area contributed by atoms with Gasteiger partial charge in [-0.2, -0.15) is 0 Å². The molecular formula is C21H20N2O5S. The minimum absolute atomic E-state index is 0.0841. The summed E-state index contributed by atoms with van der Waals surface area (Å²) in [5, 5.41) is 12.6. The third kappa shape index (κ3) is 3.55. The van der Waals surface area contributed by atoms with E-state index in [1.54, 1.807) is 6.92 Å². The van der Waals surface area contributed by atoms with Gasteiger partial charge in [0.05, 0.1) is 24.1 Å². The maximum atomic E-state index is 12.9. The minimum atomic E-state index is -0.960. The molecule has 8 heteroatoms. The number of nitrogens with one attached hydrogen (secondary N) is 1. The Balaban J connectivity index is 1.62. The van der Waals surface area contributed by atoms with Crippen LogP contribution >= 0.6 is 11.3 Å². The van der Waals surface area contributed by atoms with Gasteiger partial charge < -0.3 is 15.2 Å². The Kier molecular flexibility index (Phi) is 5.19. The van der Waals surface area contributed by atoms with Gasteiger partial charge in [0, 0.05) is 5.56 Å². The van der Waals surface area contributed by atoms with E-state index in [1.807, 2.05) is 42.5 Å². The van der Waals surface area contributed by atoms with Gasteiger partial charge in [0.25, 0.3) is 0 Å². The number of carbonyl (C=O) groups excluding carboxylic acids is 2. The second-order valence-corrected chi connectivity index (χ2v) is 8.11. The largest absolute Gasteiger partial charge is 0.481 e. The molecule has 0 radical (unpaired) electrons. The molecule has 2 aliphatic carbocycles. The number of fused-ring (bicyclic) bond motifs is 2. The number of benzene rings is 1. The van der Waals surface area contributed by atoms with Crippen LogP contribution in [-0.2, 0) is 14.3 Å². The van der Waals surface area contributed by atoms with Crippen LogP contribution < -0.4 is 5.32 Å². The van der Waals surface area contributed by atoms with Gasteiger partial charge in [-0.25, -0.2) is 9.78 Å². The molecular weight excluding hydrogens is 392 g/mol. The highest BCUT2D eigenvalue weighted by molar-refractivity contribution is 7.18. The maximum absolute atomic E-state index is 12.9. The molecule has 1 aromatic carbocycles. The summed E-state index contributed by atoms with van der Waals surface area (Å²) in [5.74, 6) is -3.41. The first-order chi connectivity index (χ1) is 14.0. The number of carbonyl (C=O) groups is 3. The molecule has 0 unspecified atom stereocenters. The number of esters is 1. The van der Waals surface area contributed by atoms with Crippen molar-refractivity contribution >= 4 is 34.3 Å². The lowest BCUT2D eigenvalue weighted by Gasteiger charge is -2.23. The zero-order valence-corrected chi connectivity index (χ0v) is 16.5. The average molecular weight is 412 g/mol. The highest BCUT2D eigenvalue weighted by Crippen LogP contribution is 2.48. The quantitative estimate of drug-likeness (QED) is 0.556. The van der Waals surface area contributed by atoms with Crippen molar-refractivity contribution in [3.63, 3.8) is 0 Å². The van der Waals surface area contributed by atoms with E-state index in [9.17, 15) is 19.5 Å². The first-order valence-corrected chi connectivity index (χ1v) is 10.3. The first-order valence-electron chi connectivity index (χ1n) is 9.45. The molecule has 4 rings (SSSR count). The third-order valence-electron chi connectivity index (χ3n) is 5.41. The Morgan fingerprint density at radius 2 is 1.86 bits per heavy atom. The number of amides is 1. The van der Waals surface area contributed by atoms with E-state index in [4.69, 9.17) is 4.74 Å². The minimum Gasteiger partial charge on any atom is -0.481 e. The summed E-state index contributed by atoms with van der Waals surface area (Å²) in [4.78, 5) is 41.7. The van der Waals surface area contributed by atoms with Gasteiger partial charge in [0.15, 0.2) is 5.13 Å². The van der Waals surface area contributed by atoms with E-state index >= 15 is 0 Å². The molecule has 2 bridgehead atoms. The molecule has 1 heterocycles. The predicted octanol–water partition coefficient (Wildman–Crippen LogP) is 3.45. The number of allylic oxidation sites excluding steroid dienone is 2. The van der Waals surface area contributed by atoms with Crippen molar-refractivity contribution in [2.45, 2.75) is 13.3 Å². The number of rotatable bonds is 6.